The Hall–Kier alpha value is -1.22. The first-order valence-electron chi connectivity index (χ1n) is 7.17. The lowest BCUT2D eigenvalue weighted by Gasteiger charge is -2.39. The summed E-state index contributed by atoms with van der Waals surface area (Å²) < 4.78 is 10.5. The Balaban J connectivity index is 1.73. The molecule has 0 bridgehead atoms. The van der Waals surface area contributed by atoms with Gasteiger partial charge in [0.15, 0.2) is 0 Å². The number of hydrogen-bond donors (Lipinski definition) is 1. The lowest BCUT2D eigenvalue weighted by molar-refractivity contribution is 0.146. The van der Waals surface area contributed by atoms with Gasteiger partial charge >= 0.3 is 0 Å². The van der Waals surface area contributed by atoms with Gasteiger partial charge in [-0.3, -0.25) is 0 Å². The van der Waals surface area contributed by atoms with Gasteiger partial charge in [-0.05, 0) is 48.9 Å². The van der Waals surface area contributed by atoms with Gasteiger partial charge in [0.25, 0.3) is 0 Å². The van der Waals surface area contributed by atoms with Gasteiger partial charge in [-0.2, -0.15) is 0 Å². The Bertz CT molecular complexity index is 369. The van der Waals surface area contributed by atoms with E-state index in [1.54, 1.807) is 7.11 Å². The van der Waals surface area contributed by atoms with Crippen molar-refractivity contribution < 1.29 is 9.47 Å². The number of nitrogens with one attached hydrogen (secondary N) is 1. The molecule has 1 N–H and O–H groups in total. The van der Waals surface area contributed by atoms with Gasteiger partial charge < -0.3 is 14.8 Å². The molecule has 1 aromatic carbocycles. The van der Waals surface area contributed by atoms with E-state index in [2.05, 4.69) is 31.3 Å². The fourth-order valence-corrected chi connectivity index (χ4v) is 2.45. The summed E-state index contributed by atoms with van der Waals surface area (Å²) in [5.41, 5.74) is 1.19. The van der Waals surface area contributed by atoms with Crippen LogP contribution in [0.15, 0.2) is 24.3 Å². The molecule has 106 valence electrons. The molecular formula is C16H25NO2. The molecule has 1 aliphatic carbocycles. The molecule has 1 fully saturated rings. The second-order valence-electron chi connectivity index (χ2n) is 5.68. The number of rotatable bonds is 7. The van der Waals surface area contributed by atoms with E-state index in [1.165, 1.54) is 18.5 Å². The Morgan fingerprint density at radius 3 is 2.42 bits per heavy atom. The lowest BCUT2D eigenvalue weighted by atomic mass is 9.73. The monoisotopic (exact) mass is 263 g/mol. The standard InChI is InChI=1S/C16H25NO2/c1-12(2)13-10-15(11-13)17-14-4-6-16(7-5-14)19-9-8-18-3/h4-7,12-13,15,17H,8-11H2,1-3H3. The van der Waals surface area contributed by atoms with Crippen molar-refractivity contribution in [1.29, 1.82) is 0 Å². The lowest BCUT2D eigenvalue weighted by Crippen LogP contribution is -2.37. The van der Waals surface area contributed by atoms with Crippen LogP contribution in [0.3, 0.4) is 0 Å². The number of benzene rings is 1. The highest BCUT2D eigenvalue weighted by atomic mass is 16.5. The van der Waals surface area contributed by atoms with Crippen molar-refractivity contribution in [2.75, 3.05) is 25.6 Å². The zero-order valence-electron chi connectivity index (χ0n) is 12.2. The van der Waals surface area contributed by atoms with E-state index >= 15 is 0 Å². The topological polar surface area (TPSA) is 30.5 Å². The molecule has 3 nitrogen and oxygen atoms in total. The zero-order chi connectivity index (χ0) is 13.7. The van der Waals surface area contributed by atoms with Gasteiger partial charge in [-0.25, -0.2) is 0 Å². The van der Waals surface area contributed by atoms with Crippen LogP contribution < -0.4 is 10.1 Å². The Morgan fingerprint density at radius 2 is 1.84 bits per heavy atom. The quantitative estimate of drug-likeness (QED) is 0.763. The normalized spacial score (nSPS) is 22.1. The molecule has 0 atom stereocenters. The largest absolute Gasteiger partial charge is 0.491 e. The molecule has 0 saturated heterocycles. The Morgan fingerprint density at radius 1 is 1.16 bits per heavy atom. The third kappa shape index (κ3) is 4.13. The van der Waals surface area contributed by atoms with E-state index in [1.807, 2.05) is 12.1 Å². The van der Waals surface area contributed by atoms with E-state index in [0.29, 0.717) is 19.3 Å². The third-order valence-electron chi connectivity index (χ3n) is 3.90. The van der Waals surface area contributed by atoms with Crippen molar-refractivity contribution in [3.05, 3.63) is 24.3 Å². The van der Waals surface area contributed by atoms with Crippen molar-refractivity contribution in [1.82, 2.24) is 0 Å². The van der Waals surface area contributed by atoms with Gasteiger partial charge in [0, 0.05) is 18.8 Å². The second-order valence-corrected chi connectivity index (χ2v) is 5.68. The fraction of sp³-hybridized carbons (Fsp3) is 0.625. The van der Waals surface area contributed by atoms with E-state index in [-0.39, 0.29) is 0 Å². The highest BCUT2D eigenvalue weighted by Gasteiger charge is 2.30. The maximum Gasteiger partial charge on any atom is 0.119 e. The molecule has 2 rings (SSSR count). The molecule has 0 aromatic heterocycles. The minimum Gasteiger partial charge on any atom is -0.491 e. The summed E-state index contributed by atoms with van der Waals surface area (Å²) >= 11 is 0. The SMILES string of the molecule is COCCOc1ccc(NC2CC(C(C)C)C2)cc1. The number of hydrogen-bond acceptors (Lipinski definition) is 3. The van der Waals surface area contributed by atoms with Crippen LogP contribution in [-0.4, -0.2) is 26.4 Å². The maximum atomic E-state index is 5.54. The maximum absolute atomic E-state index is 5.54. The Kier molecular flexibility index (Phi) is 5.08. The number of anilines is 1. The fourth-order valence-electron chi connectivity index (χ4n) is 2.45. The molecule has 3 heteroatoms. The molecule has 0 unspecified atom stereocenters. The first-order valence-corrected chi connectivity index (χ1v) is 7.17. The minimum atomic E-state index is 0.599. The van der Waals surface area contributed by atoms with E-state index < -0.39 is 0 Å². The predicted molar refractivity (Wildman–Crippen MR) is 78.8 cm³/mol. The summed E-state index contributed by atoms with van der Waals surface area (Å²) in [6.07, 6.45) is 2.59. The van der Waals surface area contributed by atoms with E-state index in [0.717, 1.165) is 17.6 Å². The molecule has 19 heavy (non-hydrogen) atoms. The predicted octanol–water partition coefficient (Wildman–Crippen LogP) is 3.56. The summed E-state index contributed by atoms with van der Waals surface area (Å²) in [7, 11) is 1.68. The first-order chi connectivity index (χ1) is 9.19. The van der Waals surface area contributed by atoms with E-state index in [9.17, 15) is 0 Å². The summed E-state index contributed by atoms with van der Waals surface area (Å²) in [4.78, 5) is 0. The van der Waals surface area contributed by atoms with Crippen LogP contribution in [0, 0.1) is 11.8 Å². The molecule has 0 radical (unpaired) electrons. The average molecular weight is 263 g/mol. The number of ether oxygens (including phenoxy) is 2. The van der Waals surface area contributed by atoms with Gasteiger partial charge in [0.05, 0.1) is 6.61 Å². The van der Waals surface area contributed by atoms with Crippen molar-refractivity contribution in [2.24, 2.45) is 11.8 Å². The summed E-state index contributed by atoms with van der Waals surface area (Å²) in [5.74, 6) is 2.61. The van der Waals surface area contributed by atoms with Crippen LogP contribution in [-0.2, 0) is 4.74 Å². The smallest absolute Gasteiger partial charge is 0.119 e. The zero-order valence-corrected chi connectivity index (χ0v) is 12.2. The third-order valence-corrected chi connectivity index (χ3v) is 3.90. The summed E-state index contributed by atoms with van der Waals surface area (Å²) in [6.45, 7) is 5.85. The molecule has 1 aliphatic rings. The first kappa shape index (κ1) is 14.2. The highest BCUT2D eigenvalue weighted by Crippen LogP contribution is 2.35. The second kappa shape index (κ2) is 6.80. The van der Waals surface area contributed by atoms with Crippen LogP contribution in [0.1, 0.15) is 26.7 Å². The average Bonchev–Trinajstić information content (AvgIpc) is 2.35. The van der Waals surface area contributed by atoms with Gasteiger partial charge in [-0.15, -0.1) is 0 Å². The molecular weight excluding hydrogens is 238 g/mol. The highest BCUT2D eigenvalue weighted by molar-refractivity contribution is 5.47. The van der Waals surface area contributed by atoms with Crippen molar-refractivity contribution >= 4 is 5.69 Å². The molecule has 1 saturated carbocycles. The number of methoxy groups -OCH3 is 1. The van der Waals surface area contributed by atoms with Crippen LogP contribution in [0.25, 0.3) is 0 Å². The van der Waals surface area contributed by atoms with Gasteiger partial charge in [-0.1, -0.05) is 13.8 Å². The van der Waals surface area contributed by atoms with E-state index in [4.69, 9.17) is 9.47 Å². The molecule has 0 spiro atoms. The molecule has 0 aliphatic heterocycles. The van der Waals surface area contributed by atoms with Crippen molar-refractivity contribution in [3.63, 3.8) is 0 Å². The molecule has 0 amide bonds. The van der Waals surface area contributed by atoms with Crippen molar-refractivity contribution in [3.8, 4) is 5.75 Å². The van der Waals surface area contributed by atoms with Gasteiger partial charge in [0.1, 0.15) is 12.4 Å². The summed E-state index contributed by atoms with van der Waals surface area (Å²) in [6, 6.07) is 8.84. The molecule has 0 heterocycles. The Labute approximate surface area is 116 Å². The van der Waals surface area contributed by atoms with Crippen LogP contribution in [0.4, 0.5) is 5.69 Å². The van der Waals surface area contributed by atoms with Crippen LogP contribution in [0.5, 0.6) is 5.75 Å². The van der Waals surface area contributed by atoms with Gasteiger partial charge in [0.2, 0.25) is 0 Å². The van der Waals surface area contributed by atoms with Crippen LogP contribution >= 0.6 is 0 Å². The minimum absolute atomic E-state index is 0.599. The summed E-state index contributed by atoms with van der Waals surface area (Å²) in [5, 5.41) is 3.58. The van der Waals surface area contributed by atoms with Crippen molar-refractivity contribution in [2.45, 2.75) is 32.7 Å². The molecule has 1 aromatic rings. The van der Waals surface area contributed by atoms with Crippen LogP contribution in [0.2, 0.25) is 0 Å².